The van der Waals surface area contributed by atoms with Crippen LogP contribution in [0.5, 0.6) is 0 Å². The van der Waals surface area contributed by atoms with Gasteiger partial charge in [0, 0.05) is 18.0 Å². The summed E-state index contributed by atoms with van der Waals surface area (Å²) in [5.41, 5.74) is 1.62. The first-order valence-electron chi connectivity index (χ1n) is 6.93. The molecule has 20 heavy (non-hydrogen) atoms. The summed E-state index contributed by atoms with van der Waals surface area (Å²) in [5, 5.41) is 7.31. The van der Waals surface area contributed by atoms with Gasteiger partial charge in [0.1, 0.15) is 5.82 Å². The largest absolute Gasteiger partial charge is 0.339 e. The highest BCUT2D eigenvalue weighted by molar-refractivity contribution is 5.59. The topological polar surface area (TPSA) is 51.0 Å². The summed E-state index contributed by atoms with van der Waals surface area (Å²) in [6, 6.07) is 4.98. The molecule has 106 valence electrons. The fourth-order valence-electron chi connectivity index (χ4n) is 2.52. The second kappa shape index (κ2) is 5.32. The molecule has 0 radical (unpaired) electrons. The quantitative estimate of drug-likeness (QED) is 0.911. The number of benzene rings is 1. The lowest BCUT2D eigenvalue weighted by Gasteiger charge is -2.11. The van der Waals surface area contributed by atoms with Crippen LogP contribution in [-0.4, -0.2) is 23.2 Å². The summed E-state index contributed by atoms with van der Waals surface area (Å²) in [5.74, 6) is 1.64. The minimum atomic E-state index is -0.251. The third-order valence-electron chi connectivity index (χ3n) is 3.85. The van der Waals surface area contributed by atoms with E-state index in [0.717, 1.165) is 23.5 Å². The van der Waals surface area contributed by atoms with E-state index in [4.69, 9.17) is 4.52 Å². The van der Waals surface area contributed by atoms with Gasteiger partial charge in [-0.05, 0) is 56.5 Å². The molecule has 1 unspecified atom stereocenters. The summed E-state index contributed by atoms with van der Waals surface area (Å²) < 4.78 is 18.4. The van der Waals surface area contributed by atoms with Gasteiger partial charge in [0.05, 0.1) is 0 Å². The molecule has 1 aliphatic rings. The second-order valence-electron chi connectivity index (χ2n) is 5.41. The molecule has 3 rings (SSSR count). The van der Waals surface area contributed by atoms with Gasteiger partial charge in [-0.15, -0.1) is 0 Å². The van der Waals surface area contributed by atoms with E-state index in [9.17, 15) is 4.39 Å². The highest BCUT2D eigenvalue weighted by atomic mass is 19.1. The number of hydrogen-bond donors (Lipinski definition) is 1. The molecule has 0 bridgehead atoms. The van der Waals surface area contributed by atoms with Crippen molar-refractivity contribution in [3.8, 4) is 11.4 Å². The number of halogens is 1. The van der Waals surface area contributed by atoms with Crippen LogP contribution in [0.15, 0.2) is 22.7 Å². The van der Waals surface area contributed by atoms with Gasteiger partial charge in [0.2, 0.25) is 11.7 Å². The second-order valence-corrected chi connectivity index (χ2v) is 5.41. The minimum absolute atomic E-state index is 0.251. The van der Waals surface area contributed by atoms with Crippen molar-refractivity contribution in [2.45, 2.75) is 32.2 Å². The number of aryl methyl sites for hydroxylation is 1. The lowest BCUT2D eigenvalue weighted by atomic mass is 10.1. The molecule has 0 spiro atoms. The smallest absolute Gasteiger partial charge is 0.228 e. The molecule has 4 nitrogen and oxygen atoms in total. The van der Waals surface area contributed by atoms with Gasteiger partial charge in [0.15, 0.2) is 0 Å². The SMILES string of the molecule is CNC(Cc1nc(-c2ccc(F)cc2C)no1)C1CC1. The van der Waals surface area contributed by atoms with Gasteiger partial charge in [-0.1, -0.05) is 5.16 Å². The Labute approximate surface area is 117 Å². The minimum Gasteiger partial charge on any atom is -0.339 e. The highest BCUT2D eigenvalue weighted by Crippen LogP contribution is 2.34. The Morgan fingerprint density at radius 2 is 2.25 bits per heavy atom. The Bertz CT molecular complexity index is 607. The maximum Gasteiger partial charge on any atom is 0.228 e. The molecule has 2 aromatic rings. The van der Waals surface area contributed by atoms with E-state index < -0.39 is 0 Å². The predicted molar refractivity (Wildman–Crippen MR) is 73.7 cm³/mol. The molecule has 1 aromatic heterocycles. The fourth-order valence-corrected chi connectivity index (χ4v) is 2.52. The summed E-state index contributed by atoms with van der Waals surface area (Å²) in [6.45, 7) is 1.84. The lowest BCUT2D eigenvalue weighted by molar-refractivity contribution is 0.352. The van der Waals surface area contributed by atoms with Crippen LogP contribution >= 0.6 is 0 Å². The molecule has 1 aliphatic carbocycles. The molecule has 1 heterocycles. The Balaban J connectivity index is 1.79. The van der Waals surface area contributed by atoms with Gasteiger partial charge in [-0.2, -0.15) is 4.98 Å². The van der Waals surface area contributed by atoms with Crippen LogP contribution in [0.1, 0.15) is 24.3 Å². The molecule has 0 saturated heterocycles. The van der Waals surface area contributed by atoms with E-state index in [1.54, 1.807) is 6.07 Å². The van der Waals surface area contributed by atoms with Gasteiger partial charge in [-0.3, -0.25) is 0 Å². The van der Waals surface area contributed by atoms with Crippen molar-refractivity contribution >= 4 is 0 Å². The first-order chi connectivity index (χ1) is 9.67. The Kier molecular flexibility index (Phi) is 3.53. The van der Waals surface area contributed by atoms with E-state index in [2.05, 4.69) is 15.5 Å². The van der Waals surface area contributed by atoms with Crippen LogP contribution in [0, 0.1) is 18.7 Å². The van der Waals surface area contributed by atoms with Crippen LogP contribution in [0.25, 0.3) is 11.4 Å². The average Bonchev–Trinajstić information content (AvgIpc) is 3.16. The van der Waals surface area contributed by atoms with Crippen molar-refractivity contribution in [1.82, 2.24) is 15.5 Å². The summed E-state index contributed by atoms with van der Waals surface area (Å²) in [4.78, 5) is 4.43. The number of hydrogen-bond acceptors (Lipinski definition) is 4. The molecule has 1 saturated carbocycles. The first kappa shape index (κ1) is 13.2. The highest BCUT2D eigenvalue weighted by Gasteiger charge is 2.31. The van der Waals surface area contributed by atoms with Crippen molar-refractivity contribution < 1.29 is 8.91 Å². The van der Waals surface area contributed by atoms with E-state index in [1.165, 1.54) is 25.0 Å². The third-order valence-corrected chi connectivity index (χ3v) is 3.85. The van der Waals surface area contributed by atoms with Crippen LogP contribution in [0.3, 0.4) is 0 Å². The van der Waals surface area contributed by atoms with Crippen molar-refractivity contribution in [2.75, 3.05) is 7.05 Å². The van der Waals surface area contributed by atoms with Crippen molar-refractivity contribution in [1.29, 1.82) is 0 Å². The fraction of sp³-hybridized carbons (Fsp3) is 0.467. The molecular formula is C15H18FN3O. The average molecular weight is 275 g/mol. The standard InChI is InChI=1S/C15H18FN3O/c1-9-7-11(16)5-6-12(9)15-18-14(20-19-15)8-13(17-2)10-3-4-10/h5-7,10,13,17H,3-4,8H2,1-2H3. The zero-order valence-electron chi connectivity index (χ0n) is 11.7. The predicted octanol–water partition coefficient (Wildman–Crippen LogP) is 2.72. The number of likely N-dealkylation sites (N-methyl/N-ethyl adjacent to an activating group) is 1. The number of nitrogens with zero attached hydrogens (tertiary/aromatic N) is 2. The summed E-state index contributed by atoms with van der Waals surface area (Å²) >= 11 is 0. The zero-order valence-corrected chi connectivity index (χ0v) is 11.7. The molecule has 1 atom stereocenters. The molecule has 1 N–H and O–H groups in total. The molecule has 0 aliphatic heterocycles. The number of rotatable bonds is 5. The van der Waals surface area contributed by atoms with Crippen molar-refractivity contribution in [3.05, 3.63) is 35.5 Å². The number of nitrogens with one attached hydrogen (secondary N) is 1. The van der Waals surface area contributed by atoms with E-state index in [-0.39, 0.29) is 5.82 Å². The van der Waals surface area contributed by atoms with Crippen LogP contribution in [0.2, 0.25) is 0 Å². The van der Waals surface area contributed by atoms with Crippen LogP contribution < -0.4 is 5.32 Å². The van der Waals surface area contributed by atoms with Crippen LogP contribution in [0.4, 0.5) is 4.39 Å². The van der Waals surface area contributed by atoms with Gasteiger partial charge in [0.25, 0.3) is 0 Å². The van der Waals surface area contributed by atoms with Gasteiger partial charge in [-0.25, -0.2) is 4.39 Å². The maximum absolute atomic E-state index is 13.1. The van der Waals surface area contributed by atoms with E-state index in [1.807, 2.05) is 14.0 Å². The number of aromatic nitrogens is 2. The molecular weight excluding hydrogens is 257 g/mol. The maximum atomic E-state index is 13.1. The monoisotopic (exact) mass is 275 g/mol. The Hall–Kier alpha value is -1.75. The molecule has 1 fully saturated rings. The van der Waals surface area contributed by atoms with Crippen molar-refractivity contribution in [3.63, 3.8) is 0 Å². The normalized spacial score (nSPS) is 16.4. The molecule has 1 aromatic carbocycles. The van der Waals surface area contributed by atoms with E-state index in [0.29, 0.717) is 17.8 Å². The van der Waals surface area contributed by atoms with E-state index >= 15 is 0 Å². The van der Waals surface area contributed by atoms with Crippen molar-refractivity contribution in [2.24, 2.45) is 5.92 Å². The lowest BCUT2D eigenvalue weighted by Crippen LogP contribution is -2.29. The zero-order chi connectivity index (χ0) is 14.1. The summed E-state index contributed by atoms with van der Waals surface area (Å²) in [6.07, 6.45) is 3.28. The first-order valence-corrected chi connectivity index (χ1v) is 6.93. The van der Waals surface area contributed by atoms with Crippen LogP contribution in [-0.2, 0) is 6.42 Å². The van der Waals surface area contributed by atoms with Gasteiger partial charge < -0.3 is 9.84 Å². The summed E-state index contributed by atoms with van der Waals surface area (Å²) in [7, 11) is 1.96. The third kappa shape index (κ3) is 2.72. The molecule has 5 heteroatoms. The molecule has 0 amide bonds. The van der Waals surface area contributed by atoms with Gasteiger partial charge >= 0.3 is 0 Å². The Morgan fingerprint density at radius 1 is 1.45 bits per heavy atom. The Morgan fingerprint density at radius 3 is 2.90 bits per heavy atom.